The van der Waals surface area contributed by atoms with Crippen LogP contribution >= 0.6 is 0 Å². The predicted molar refractivity (Wildman–Crippen MR) is 81.9 cm³/mol. The van der Waals surface area contributed by atoms with Crippen LogP contribution in [0.1, 0.15) is 38.3 Å². The van der Waals surface area contributed by atoms with Crippen molar-refractivity contribution in [2.45, 2.75) is 32.7 Å². The van der Waals surface area contributed by atoms with Gasteiger partial charge in [-0.25, -0.2) is 4.68 Å². The molecule has 3 rings (SSSR count). The summed E-state index contributed by atoms with van der Waals surface area (Å²) < 4.78 is 1.94. The number of rotatable bonds is 6. The molecule has 1 fully saturated rings. The molecule has 1 aliphatic rings. The Bertz CT molecular complexity index is 542. The van der Waals surface area contributed by atoms with E-state index in [4.69, 9.17) is 0 Å². The second-order valence-corrected chi connectivity index (χ2v) is 6.00. The van der Waals surface area contributed by atoms with Gasteiger partial charge in [0.05, 0.1) is 11.9 Å². The molecule has 0 bridgehead atoms. The molecule has 0 saturated heterocycles. The van der Waals surface area contributed by atoms with Crippen LogP contribution in [0.2, 0.25) is 0 Å². The van der Waals surface area contributed by atoms with Gasteiger partial charge in [-0.15, -0.1) is 0 Å². The van der Waals surface area contributed by atoms with Gasteiger partial charge in [-0.3, -0.25) is 0 Å². The Kier molecular flexibility index (Phi) is 3.88. The van der Waals surface area contributed by atoms with Crippen LogP contribution in [0, 0.1) is 11.8 Å². The first-order chi connectivity index (χ1) is 9.74. The Labute approximate surface area is 121 Å². The minimum atomic E-state index is 0.355. The van der Waals surface area contributed by atoms with E-state index >= 15 is 0 Å². The van der Waals surface area contributed by atoms with Crippen molar-refractivity contribution in [1.82, 2.24) is 15.1 Å². The van der Waals surface area contributed by atoms with Crippen LogP contribution in [0.3, 0.4) is 0 Å². The first kappa shape index (κ1) is 13.4. The Hall–Kier alpha value is -1.61. The SMILES string of the molecule is CC(NCC(C)C1CC1)c1cnn(-c2ccccc2)c1. The van der Waals surface area contributed by atoms with E-state index in [1.54, 1.807) is 0 Å². The third kappa shape index (κ3) is 3.10. The minimum absolute atomic E-state index is 0.355. The molecule has 2 unspecified atom stereocenters. The van der Waals surface area contributed by atoms with Crippen molar-refractivity contribution >= 4 is 0 Å². The first-order valence-electron chi connectivity index (χ1n) is 7.57. The zero-order valence-corrected chi connectivity index (χ0v) is 12.3. The topological polar surface area (TPSA) is 29.9 Å². The molecular weight excluding hydrogens is 246 g/mol. The molecule has 0 radical (unpaired) electrons. The molecule has 0 amide bonds. The van der Waals surface area contributed by atoms with Crippen molar-refractivity contribution in [3.63, 3.8) is 0 Å². The minimum Gasteiger partial charge on any atom is -0.310 e. The van der Waals surface area contributed by atoms with E-state index in [1.807, 2.05) is 29.1 Å². The molecule has 0 aliphatic heterocycles. The van der Waals surface area contributed by atoms with E-state index in [1.165, 1.54) is 18.4 Å². The van der Waals surface area contributed by atoms with Crippen molar-refractivity contribution in [3.8, 4) is 5.69 Å². The molecule has 20 heavy (non-hydrogen) atoms. The van der Waals surface area contributed by atoms with E-state index in [9.17, 15) is 0 Å². The Balaban J connectivity index is 1.61. The molecular formula is C17H23N3. The summed E-state index contributed by atoms with van der Waals surface area (Å²) in [6.07, 6.45) is 6.92. The number of aromatic nitrogens is 2. The van der Waals surface area contributed by atoms with Crippen molar-refractivity contribution in [3.05, 3.63) is 48.3 Å². The van der Waals surface area contributed by atoms with E-state index in [0.29, 0.717) is 6.04 Å². The van der Waals surface area contributed by atoms with Crippen LogP contribution in [-0.4, -0.2) is 16.3 Å². The molecule has 1 aromatic heterocycles. The van der Waals surface area contributed by atoms with E-state index in [2.05, 4.69) is 42.6 Å². The molecule has 3 nitrogen and oxygen atoms in total. The molecule has 106 valence electrons. The van der Waals surface area contributed by atoms with Gasteiger partial charge in [-0.1, -0.05) is 25.1 Å². The predicted octanol–water partition coefficient (Wildman–Crippen LogP) is 3.57. The quantitative estimate of drug-likeness (QED) is 0.869. The number of nitrogens with zero attached hydrogens (tertiary/aromatic N) is 2. The van der Waals surface area contributed by atoms with Gasteiger partial charge in [0.25, 0.3) is 0 Å². The van der Waals surface area contributed by atoms with E-state index in [0.717, 1.165) is 24.1 Å². The van der Waals surface area contributed by atoms with Crippen LogP contribution in [0.4, 0.5) is 0 Å². The Morgan fingerprint density at radius 2 is 2.00 bits per heavy atom. The highest BCUT2D eigenvalue weighted by atomic mass is 15.3. The van der Waals surface area contributed by atoms with Gasteiger partial charge in [-0.2, -0.15) is 5.10 Å². The van der Waals surface area contributed by atoms with Crippen molar-refractivity contribution in [2.75, 3.05) is 6.54 Å². The molecule has 0 spiro atoms. The Morgan fingerprint density at radius 1 is 1.25 bits per heavy atom. The maximum absolute atomic E-state index is 4.46. The van der Waals surface area contributed by atoms with Crippen LogP contribution in [0.5, 0.6) is 0 Å². The van der Waals surface area contributed by atoms with E-state index in [-0.39, 0.29) is 0 Å². The lowest BCUT2D eigenvalue weighted by molar-refractivity contribution is 0.432. The maximum Gasteiger partial charge on any atom is 0.0645 e. The highest BCUT2D eigenvalue weighted by molar-refractivity contribution is 5.31. The summed E-state index contributed by atoms with van der Waals surface area (Å²) in [7, 11) is 0. The van der Waals surface area contributed by atoms with Gasteiger partial charge in [0.15, 0.2) is 0 Å². The van der Waals surface area contributed by atoms with Crippen LogP contribution in [0.15, 0.2) is 42.7 Å². The molecule has 1 saturated carbocycles. The third-order valence-corrected chi connectivity index (χ3v) is 4.30. The zero-order valence-electron chi connectivity index (χ0n) is 12.3. The summed E-state index contributed by atoms with van der Waals surface area (Å²) in [5.74, 6) is 1.75. The molecule has 3 heteroatoms. The molecule has 1 heterocycles. The van der Waals surface area contributed by atoms with Gasteiger partial charge in [0, 0.05) is 17.8 Å². The number of para-hydroxylation sites is 1. The standard InChI is InChI=1S/C17H23N3/c1-13(15-8-9-15)10-18-14(2)16-11-19-20(12-16)17-6-4-3-5-7-17/h3-7,11-15,18H,8-10H2,1-2H3. The lowest BCUT2D eigenvalue weighted by Crippen LogP contribution is -2.25. The average molecular weight is 269 g/mol. The molecule has 1 aliphatic carbocycles. The highest BCUT2D eigenvalue weighted by Gasteiger charge is 2.27. The number of benzene rings is 1. The summed E-state index contributed by atoms with van der Waals surface area (Å²) in [5, 5.41) is 8.09. The molecule has 2 atom stereocenters. The fourth-order valence-electron chi connectivity index (χ4n) is 2.59. The fraction of sp³-hybridized carbons (Fsp3) is 0.471. The summed E-state index contributed by atoms with van der Waals surface area (Å²) in [4.78, 5) is 0. The second kappa shape index (κ2) is 5.80. The second-order valence-electron chi connectivity index (χ2n) is 6.00. The van der Waals surface area contributed by atoms with Crippen LogP contribution in [0.25, 0.3) is 5.69 Å². The average Bonchev–Trinajstić information content (AvgIpc) is 3.22. The van der Waals surface area contributed by atoms with Gasteiger partial charge >= 0.3 is 0 Å². The fourth-order valence-corrected chi connectivity index (χ4v) is 2.59. The summed E-state index contributed by atoms with van der Waals surface area (Å²) >= 11 is 0. The smallest absolute Gasteiger partial charge is 0.0645 e. The number of hydrogen-bond acceptors (Lipinski definition) is 2. The van der Waals surface area contributed by atoms with Crippen molar-refractivity contribution < 1.29 is 0 Å². The van der Waals surface area contributed by atoms with Gasteiger partial charge in [0.2, 0.25) is 0 Å². The molecule has 1 N–H and O–H groups in total. The summed E-state index contributed by atoms with van der Waals surface area (Å²) in [6, 6.07) is 10.6. The number of hydrogen-bond donors (Lipinski definition) is 1. The van der Waals surface area contributed by atoms with Gasteiger partial charge in [0.1, 0.15) is 0 Å². The van der Waals surface area contributed by atoms with E-state index < -0.39 is 0 Å². The van der Waals surface area contributed by atoms with Crippen molar-refractivity contribution in [2.24, 2.45) is 11.8 Å². The summed E-state index contributed by atoms with van der Waals surface area (Å²) in [6.45, 7) is 5.67. The summed E-state index contributed by atoms with van der Waals surface area (Å²) in [5.41, 5.74) is 2.36. The normalized spacial score (nSPS) is 17.9. The van der Waals surface area contributed by atoms with Crippen LogP contribution < -0.4 is 5.32 Å². The highest BCUT2D eigenvalue weighted by Crippen LogP contribution is 2.36. The largest absolute Gasteiger partial charge is 0.310 e. The third-order valence-electron chi connectivity index (χ3n) is 4.30. The number of nitrogens with one attached hydrogen (secondary N) is 1. The lowest BCUT2D eigenvalue weighted by atomic mass is 10.1. The zero-order chi connectivity index (χ0) is 13.9. The molecule has 1 aromatic carbocycles. The maximum atomic E-state index is 4.46. The monoisotopic (exact) mass is 269 g/mol. The Morgan fingerprint density at radius 3 is 2.70 bits per heavy atom. The van der Waals surface area contributed by atoms with Crippen molar-refractivity contribution in [1.29, 1.82) is 0 Å². The van der Waals surface area contributed by atoms with Crippen LogP contribution in [-0.2, 0) is 0 Å². The first-order valence-corrected chi connectivity index (χ1v) is 7.57. The van der Waals surface area contributed by atoms with Gasteiger partial charge in [-0.05, 0) is 50.3 Å². The van der Waals surface area contributed by atoms with Gasteiger partial charge < -0.3 is 5.32 Å². The lowest BCUT2D eigenvalue weighted by Gasteiger charge is -2.16. The molecule has 2 aromatic rings.